The van der Waals surface area contributed by atoms with Crippen molar-refractivity contribution in [1.82, 2.24) is 10.2 Å². The van der Waals surface area contributed by atoms with Crippen LogP contribution in [0.2, 0.25) is 0 Å². The largest absolute Gasteiger partial charge is 0.339 e. The van der Waals surface area contributed by atoms with Gasteiger partial charge in [0.2, 0.25) is 5.91 Å². The van der Waals surface area contributed by atoms with Crippen LogP contribution < -0.4 is 5.32 Å². The van der Waals surface area contributed by atoms with Crippen molar-refractivity contribution in [2.45, 2.75) is 43.7 Å². The van der Waals surface area contributed by atoms with Crippen molar-refractivity contribution in [3.05, 3.63) is 29.8 Å². The number of sulfone groups is 1. The van der Waals surface area contributed by atoms with Gasteiger partial charge in [0.1, 0.15) is 0 Å². The monoisotopic (exact) mass is 338 g/mol. The third-order valence-corrected chi connectivity index (χ3v) is 5.82. The lowest BCUT2D eigenvalue weighted by molar-refractivity contribution is -0.137. The van der Waals surface area contributed by atoms with Crippen LogP contribution in [0.4, 0.5) is 0 Å². The molecule has 23 heavy (non-hydrogen) atoms. The van der Waals surface area contributed by atoms with Gasteiger partial charge in [-0.1, -0.05) is 12.1 Å². The second-order valence-corrected chi connectivity index (χ2v) is 8.56. The fourth-order valence-corrected chi connectivity index (χ4v) is 3.68. The summed E-state index contributed by atoms with van der Waals surface area (Å²) in [7, 11) is -1.37. The zero-order chi connectivity index (χ0) is 17.2. The summed E-state index contributed by atoms with van der Waals surface area (Å²) in [4.78, 5) is 14.8. The van der Waals surface area contributed by atoms with Crippen molar-refractivity contribution in [3.63, 3.8) is 0 Å². The second kappa shape index (κ2) is 7.01. The summed E-state index contributed by atoms with van der Waals surface area (Å²) < 4.78 is 23.0. The third kappa shape index (κ3) is 4.32. The summed E-state index contributed by atoms with van der Waals surface area (Å²) in [5.41, 5.74) is 0.940. The van der Waals surface area contributed by atoms with E-state index in [1.54, 1.807) is 29.2 Å². The first-order chi connectivity index (χ1) is 10.7. The maximum atomic E-state index is 12.7. The van der Waals surface area contributed by atoms with Crippen molar-refractivity contribution in [1.29, 1.82) is 0 Å². The molecule has 1 aromatic rings. The van der Waals surface area contributed by atoms with Gasteiger partial charge in [-0.25, -0.2) is 8.42 Å². The molecule has 1 unspecified atom stereocenters. The van der Waals surface area contributed by atoms with Crippen LogP contribution in [-0.4, -0.2) is 45.1 Å². The van der Waals surface area contributed by atoms with E-state index in [0.717, 1.165) is 24.9 Å². The van der Waals surface area contributed by atoms with E-state index in [1.165, 1.54) is 6.26 Å². The number of nitrogens with one attached hydrogen (secondary N) is 1. The van der Waals surface area contributed by atoms with Gasteiger partial charge in [0.05, 0.1) is 10.9 Å². The Morgan fingerprint density at radius 2 is 1.91 bits per heavy atom. The van der Waals surface area contributed by atoms with Crippen LogP contribution in [0.15, 0.2) is 29.2 Å². The maximum Gasteiger partial charge on any atom is 0.226 e. The van der Waals surface area contributed by atoms with Gasteiger partial charge in [0.15, 0.2) is 9.84 Å². The maximum absolute atomic E-state index is 12.7. The van der Waals surface area contributed by atoms with Crippen molar-refractivity contribution < 1.29 is 13.2 Å². The normalized spacial score (nSPS) is 23.3. The summed E-state index contributed by atoms with van der Waals surface area (Å²) >= 11 is 0. The Kier molecular flexibility index (Phi) is 5.47. The first kappa shape index (κ1) is 17.9. The summed E-state index contributed by atoms with van der Waals surface area (Å²) in [6.45, 7) is 4.95. The molecule has 5 nitrogen and oxygen atoms in total. The number of amides is 1. The molecule has 0 aliphatic carbocycles. The minimum absolute atomic E-state index is 0.0639. The highest BCUT2D eigenvalue weighted by atomic mass is 32.2. The van der Waals surface area contributed by atoms with E-state index in [2.05, 4.69) is 12.2 Å². The van der Waals surface area contributed by atoms with E-state index >= 15 is 0 Å². The number of benzene rings is 1. The number of carbonyl (C=O) groups excluding carboxylic acids is 1. The molecular formula is C17H26N2O3S. The molecular weight excluding hydrogens is 312 g/mol. The predicted molar refractivity (Wildman–Crippen MR) is 90.9 cm³/mol. The minimum Gasteiger partial charge on any atom is -0.339 e. The number of hydrogen-bond acceptors (Lipinski definition) is 4. The standard InChI is InChI=1S/C17H26N2O3S/c1-12-11-15(9-10-18-12)17(20)19(3)13(2)14-5-7-16(8-6-14)23(4,21)22/h5-8,12-13,15,18H,9-11H2,1-4H3/t12-,13?,15-/m0/s1. The van der Waals surface area contributed by atoms with Gasteiger partial charge in [-0.05, 0) is 50.9 Å². The molecule has 1 aliphatic heterocycles. The van der Waals surface area contributed by atoms with E-state index in [-0.39, 0.29) is 17.9 Å². The Hall–Kier alpha value is -1.40. The molecule has 1 heterocycles. The van der Waals surface area contributed by atoms with Gasteiger partial charge in [-0.2, -0.15) is 0 Å². The Labute approximate surface area is 139 Å². The van der Waals surface area contributed by atoms with E-state index in [9.17, 15) is 13.2 Å². The van der Waals surface area contributed by atoms with Gasteiger partial charge in [0, 0.05) is 25.3 Å². The molecule has 1 aromatic carbocycles. The smallest absolute Gasteiger partial charge is 0.226 e. The fraction of sp³-hybridized carbons (Fsp3) is 0.588. The highest BCUT2D eigenvalue weighted by Gasteiger charge is 2.29. The molecule has 128 valence electrons. The summed E-state index contributed by atoms with van der Waals surface area (Å²) in [5, 5.41) is 3.36. The van der Waals surface area contributed by atoms with Crippen molar-refractivity contribution in [2.24, 2.45) is 5.92 Å². The van der Waals surface area contributed by atoms with E-state index < -0.39 is 9.84 Å². The molecule has 0 bridgehead atoms. The Balaban J connectivity index is 2.09. The number of nitrogens with zero attached hydrogens (tertiary/aromatic N) is 1. The number of carbonyl (C=O) groups is 1. The van der Waals surface area contributed by atoms with Crippen LogP contribution in [0.1, 0.15) is 38.3 Å². The molecule has 3 atom stereocenters. The zero-order valence-corrected chi connectivity index (χ0v) is 15.1. The summed E-state index contributed by atoms with van der Waals surface area (Å²) in [5.74, 6) is 0.229. The van der Waals surface area contributed by atoms with Gasteiger partial charge in [-0.15, -0.1) is 0 Å². The lowest BCUT2D eigenvalue weighted by Gasteiger charge is -2.33. The SMILES string of the molecule is CC(c1ccc(S(C)(=O)=O)cc1)N(C)C(=O)[C@H]1CCN[C@@H](C)C1. The van der Waals surface area contributed by atoms with Crippen molar-refractivity contribution in [3.8, 4) is 0 Å². The average molecular weight is 338 g/mol. The van der Waals surface area contributed by atoms with Crippen LogP contribution >= 0.6 is 0 Å². The fourth-order valence-electron chi connectivity index (χ4n) is 3.05. The first-order valence-corrected chi connectivity index (χ1v) is 9.89. The lowest BCUT2D eigenvalue weighted by Crippen LogP contribution is -2.43. The van der Waals surface area contributed by atoms with Crippen molar-refractivity contribution >= 4 is 15.7 Å². The Bertz CT molecular complexity index is 655. The Morgan fingerprint density at radius 3 is 2.43 bits per heavy atom. The Morgan fingerprint density at radius 1 is 1.30 bits per heavy atom. The molecule has 0 spiro atoms. The van der Waals surface area contributed by atoms with E-state index in [1.807, 2.05) is 14.0 Å². The van der Waals surface area contributed by atoms with Crippen LogP contribution in [-0.2, 0) is 14.6 Å². The number of rotatable bonds is 4. The quantitative estimate of drug-likeness (QED) is 0.912. The topological polar surface area (TPSA) is 66.5 Å². The highest BCUT2D eigenvalue weighted by molar-refractivity contribution is 7.90. The van der Waals surface area contributed by atoms with Crippen LogP contribution in [0.5, 0.6) is 0 Å². The molecule has 6 heteroatoms. The van der Waals surface area contributed by atoms with E-state index in [0.29, 0.717) is 10.9 Å². The molecule has 0 saturated carbocycles. The zero-order valence-electron chi connectivity index (χ0n) is 14.2. The first-order valence-electron chi connectivity index (χ1n) is 8.00. The summed E-state index contributed by atoms with van der Waals surface area (Å²) in [6.07, 6.45) is 2.93. The molecule has 0 radical (unpaired) electrons. The second-order valence-electron chi connectivity index (χ2n) is 6.54. The van der Waals surface area contributed by atoms with E-state index in [4.69, 9.17) is 0 Å². The van der Waals surface area contributed by atoms with Gasteiger partial charge >= 0.3 is 0 Å². The third-order valence-electron chi connectivity index (χ3n) is 4.69. The van der Waals surface area contributed by atoms with Crippen LogP contribution in [0, 0.1) is 5.92 Å². The number of piperidine rings is 1. The molecule has 0 aromatic heterocycles. The molecule has 1 amide bonds. The molecule has 1 aliphatic rings. The average Bonchev–Trinajstić information content (AvgIpc) is 2.52. The number of hydrogen-bond donors (Lipinski definition) is 1. The molecule has 1 N–H and O–H groups in total. The van der Waals surface area contributed by atoms with Crippen LogP contribution in [0.3, 0.4) is 0 Å². The van der Waals surface area contributed by atoms with Crippen LogP contribution in [0.25, 0.3) is 0 Å². The highest BCUT2D eigenvalue weighted by Crippen LogP contribution is 2.25. The summed E-state index contributed by atoms with van der Waals surface area (Å²) in [6, 6.07) is 7.07. The minimum atomic E-state index is -3.19. The molecule has 2 rings (SSSR count). The van der Waals surface area contributed by atoms with Gasteiger partial charge in [0.25, 0.3) is 0 Å². The molecule has 1 saturated heterocycles. The lowest BCUT2D eigenvalue weighted by atomic mass is 9.91. The predicted octanol–water partition coefficient (Wildman–Crippen LogP) is 2.00. The molecule has 1 fully saturated rings. The van der Waals surface area contributed by atoms with Gasteiger partial charge in [-0.3, -0.25) is 4.79 Å². The van der Waals surface area contributed by atoms with Gasteiger partial charge < -0.3 is 10.2 Å². The van der Waals surface area contributed by atoms with Crippen molar-refractivity contribution in [2.75, 3.05) is 19.8 Å².